The average molecular weight is 1430 g/mol. The average Bonchev–Trinajstić information content (AvgIpc) is 1.12. The third-order valence-corrected chi connectivity index (χ3v) is 0. The van der Waals surface area contributed by atoms with Gasteiger partial charge in [0.15, 0.2) is 0 Å². The van der Waals surface area contributed by atoms with Gasteiger partial charge in [-0.2, -0.15) is 15.6 Å². The minimum absolute atomic E-state index is 0. The van der Waals surface area contributed by atoms with Crippen LogP contribution in [0.25, 0.3) is 0 Å². The first-order valence-corrected chi connectivity index (χ1v) is 4.38. The first-order valence-electron chi connectivity index (χ1n) is 1.46. The van der Waals surface area contributed by atoms with Gasteiger partial charge in [0, 0.05) is 81.9 Å². The number of phosphoric acid groups is 2. The zero-order valence-electron chi connectivity index (χ0n) is 7.16. The second-order valence-electron chi connectivity index (χ2n) is 0.894. The number of hydrogen-bond donors (Lipinski definition) is 0. The van der Waals surface area contributed by atoms with Crippen LogP contribution in [-0.4, -0.2) is 164 Å². The Labute approximate surface area is 213 Å². The van der Waals surface area contributed by atoms with Crippen LogP contribution in [0.4, 0.5) is 0 Å². The van der Waals surface area contributed by atoms with Gasteiger partial charge in [-0.15, -0.1) is 0 Å². The van der Waals surface area contributed by atoms with Gasteiger partial charge in [0.05, 0.1) is 0 Å². The summed E-state index contributed by atoms with van der Waals surface area (Å²) in [6, 6.07) is 0. The standard InChI is InChI=1S/2H3O4P.6Pb/c2*1-5(2,3)4;;;;;;/h2*(H3,1,2,3,4);;;;;;/q;;;;;3*+2/p-6. The smallest absolute Gasteiger partial charge is 0.822 e. The Morgan fingerprint density at radius 3 is 0.500 bits per heavy atom. The minimum Gasteiger partial charge on any atom is -0.822 e. The molecule has 0 amide bonds. The van der Waals surface area contributed by atoms with E-state index in [9.17, 15) is 0 Å². The summed E-state index contributed by atoms with van der Waals surface area (Å²) in [7, 11) is -10.8. The van der Waals surface area contributed by atoms with Crippen LogP contribution in [0.5, 0.6) is 0 Å². The van der Waals surface area contributed by atoms with E-state index in [0.717, 1.165) is 0 Å². The predicted octanol–water partition coefficient (Wildman–Crippen LogP) is -7.93. The van der Waals surface area contributed by atoms with Gasteiger partial charge in [-0.1, -0.05) is 0 Å². The molecule has 0 saturated heterocycles. The molecule has 0 aliphatic heterocycles. The van der Waals surface area contributed by atoms with Crippen molar-refractivity contribution in [2.75, 3.05) is 0 Å². The first kappa shape index (κ1) is 49.5. The topological polar surface area (TPSA) is 172 Å². The molecule has 0 rings (SSSR count). The SMILES string of the molecule is O=P([O-])([O-])[O-].O=P([O-])([O-])[O-].[Pb+2].[Pb+2].[Pb+2].[Pb].[Pb].[Pb]. The van der Waals surface area contributed by atoms with Crippen molar-refractivity contribution < 1.29 is 38.5 Å². The molecule has 0 aromatic rings. The van der Waals surface area contributed by atoms with Gasteiger partial charge in [0.1, 0.15) is 0 Å². The van der Waals surface area contributed by atoms with Crippen LogP contribution in [-0.2, 0) is 9.13 Å². The van der Waals surface area contributed by atoms with Crippen molar-refractivity contribution in [3.8, 4) is 0 Å². The van der Waals surface area contributed by atoms with Crippen LogP contribution in [0.3, 0.4) is 0 Å². The summed E-state index contributed by atoms with van der Waals surface area (Å²) in [6.07, 6.45) is 0. The van der Waals surface area contributed by atoms with Crippen molar-refractivity contribution >= 4 is 179 Å². The normalized spacial score (nSPS) is 7.38. The van der Waals surface area contributed by atoms with Crippen LogP contribution < -0.4 is 29.4 Å². The van der Waals surface area contributed by atoms with Gasteiger partial charge >= 0.3 is 81.9 Å². The van der Waals surface area contributed by atoms with Gasteiger partial charge in [0.2, 0.25) is 0 Å². The quantitative estimate of drug-likeness (QED) is 0.170. The molecule has 18 radical (unpaired) electrons. The van der Waals surface area contributed by atoms with Crippen LogP contribution in [0.15, 0.2) is 0 Å². The van der Waals surface area contributed by atoms with Gasteiger partial charge in [-0.25, -0.2) is 0 Å². The summed E-state index contributed by atoms with van der Waals surface area (Å²) < 4.78 is 17.1. The maximum absolute atomic E-state index is 8.55. The molecule has 0 aliphatic carbocycles. The van der Waals surface area contributed by atoms with Gasteiger partial charge in [0.25, 0.3) is 0 Å². The van der Waals surface area contributed by atoms with Gasteiger partial charge in [-0.3, -0.25) is 0 Å². The van der Waals surface area contributed by atoms with E-state index in [4.69, 9.17) is 38.5 Å². The molecule has 0 atom stereocenters. The van der Waals surface area contributed by atoms with Crippen molar-refractivity contribution in [3.63, 3.8) is 0 Å². The summed E-state index contributed by atoms with van der Waals surface area (Å²) in [5.74, 6) is 0. The Kier molecular flexibility index (Phi) is 79.5. The van der Waals surface area contributed by atoms with E-state index in [1.54, 1.807) is 0 Å². The van der Waals surface area contributed by atoms with Crippen molar-refractivity contribution in [1.29, 1.82) is 0 Å². The van der Waals surface area contributed by atoms with Crippen LogP contribution >= 0.6 is 15.6 Å². The Hall–Kier alpha value is 5.75. The molecular formula is O8P2Pb6. The van der Waals surface area contributed by atoms with E-state index in [2.05, 4.69) is 0 Å². The molecular weight excluding hydrogens is 1430 g/mol. The molecule has 0 fully saturated rings. The largest absolute Gasteiger partial charge is 2.00 e. The molecule has 0 saturated carbocycles. The van der Waals surface area contributed by atoms with Crippen LogP contribution in [0.1, 0.15) is 0 Å². The molecule has 16 heteroatoms. The third kappa shape index (κ3) is 210. The Morgan fingerprint density at radius 2 is 0.500 bits per heavy atom. The second kappa shape index (κ2) is 25.7. The molecule has 0 unspecified atom stereocenters. The van der Waals surface area contributed by atoms with E-state index in [1.807, 2.05) is 0 Å². The fourth-order valence-corrected chi connectivity index (χ4v) is 0. The molecule has 0 heterocycles. The number of rotatable bonds is 0. The molecule has 16 heavy (non-hydrogen) atoms. The van der Waals surface area contributed by atoms with E-state index in [0.29, 0.717) is 0 Å². The fourth-order valence-electron chi connectivity index (χ4n) is 0. The molecule has 0 aromatic carbocycles. The number of hydrogen-bond acceptors (Lipinski definition) is 8. The summed E-state index contributed by atoms with van der Waals surface area (Å²) in [5.41, 5.74) is 0. The van der Waals surface area contributed by atoms with Crippen molar-refractivity contribution in [2.24, 2.45) is 0 Å². The predicted molar refractivity (Wildman–Crippen MR) is 49.7 cm³/mol. The van der Waals surface area contributed by atoms with Crippen LogP contribution in [0, 0.1) is 0 Å². The molecule has 0 aromatic heterocycles. The van der Waals surface area contributed by atoms with E-state index >= 15 is 0 Å². The monoisotopic (exact) mass is 1440 g/mol. The zero-order chi connectivity index (χ0) is 9.00. The van der Waals surface area contributed by atoms with Gasteiger partial charge < -0.3 is 38.5 Å². The first-order chi connectivity index (χ1) is 4.00. The summed E-state index contributed by atoms with van der Waals surface area (Å²) in [4.78, 5) is 51.3. The molecule has 0 spiro atoms. The van der Waals surface area contributed by atoms with Crippen LogP contribution in [0.2, 0.25) is 0 Å². The summed E-state index contributed by atoms with van der Waals surface area (Å²) >= 11 is 0. The Morgan fingerprint density at radius 1 is 0.500 bits per heavy atom. The van der Waals surface area contributed by atoms with Crippen molar-refractivity contribution in [3.05, 3.63) is 0 Å². The molecule has 0 bridgehead atoms. The minimum atomic E-state index is -5.39. The second-order valence-corrected chi connectivity index (χ2v) is 2.68. The fraction of sp³-hybridized carbons (Fsp3) is 0. The Bertz CT molecular complexity index is 135. The maximum atomic E-state index is 8.55. The van der Waals surface area contributed by atoms with E-state index in [-0.39, 0.29) is 164 Å². The van der Waals surface area contributed by atoms with E-state index in [1.165, 1.54) is 0 Å². The molecule has 0 N–H and O–H groups in total. The summed E-state index contributed by atoms with van der Waals surface area (Å²) in [6.45, 7) is 0. The van der Waals surface area contributed by atoms with E-state index < -0.39 is 15.6 Å². The van der Waals surface area contributed by atoms with Crippen molar-refractivity contribution in [2.45, 2.75) is 0 Å². The Balaban J connectivity index is -0.00000000970. The third-order valence-electron chi connectivity index (χ3n) is 0. The summed E-state index contributed by atoms with van der Waals surface area (Å²) in [5, 5.41) is 0. The van der Waals surface area contributed by atoms with Crippen molar-refractivity contribution in [1.82, 2.24) is 0 Å². The molecule has 82 valence electrons. The van der Waals surface area contributed by atoms with Gasteiger partial charge in [-0.05, 0) is 0 Å². The maximum Gasteiger partial charge on any atom is 2.00 e. The molecule has 8 nitrogen and oxygen atoms in total. The molecule has 0 aliphatic rings. The zero-order valence-corrected chi connectivity index (χ0v) is 32.3.